The van der Waals surface area contributed by atoms with Crippen molar-refractivity contribution in [2.45, 2.75) is 31.3 Å². The summed E-state index contributed by atoms with van der Waals surface area (Å²) in [4.78, 5) is 15.1. The summed E-state index contributed by atoms with van der Waals surface area (Å²) in [7, 11) is 1.32. The largest absolute Gasteiger partial charge is 0.444 e. The van der Waals surface area contributed by atoms with Crippen LogP contribution in [0.1, 0.15) is 20.8 Å². The predicted molar refractivity (Wildman–Crippen MR) is 67.1 cm³/mol. The molecule has 100 valence electrons. The van der Waals surface area contributed by atoms with Crippen LogP contribution in [0.3, 0.4) is 0 Å². The van der Waals surface area contributed by atoms with Gasteiger partial charge in [-0.15, -0.1) is 0 Å². The number of anilines is 1. The number of nitrogens with one attached hydrogen (secondary N) is 1. The van der Waals surface area contributed by atoms with Gasteiger partial charge in [0.25, 0.3) is 9.05 Å². The molecule has 8 heteroatoms. The number of carbonyl (C=O) groups excluding carboxylic acids is 1. The first-order valence-corrected chi connectivity index (χ1v) is 7.29. The highest BCUT2D eigenvalue weighted by atomic mass is 35.7. The summed E-state index contributed by atoms with van der Waals surface area (Å²) in [5, 5.41) is 2.32. The molecule has 0 saturated heterocycles. The molecule has 0 fully saturated rings. The van der Waals surface area contributed by atoms with E-state index in [4.69, 9.17) is 15.4 Å². The van der Waals surface area contributed by atoms with E-state index in [1.165, 1.54) is 12.3 Å². The molecule has 1 N–H and O–H groups in total. The van der Waals surface area contributed by atoms with Crippen LogP contribution in [-0.2, 0) is 13.8 Å². The highest BCUT2D eigenvalue weighted by molar-refractivity contribution is 8.13. The second kappa shape index (κ2) is 5.11. The average molecular weight is 293 g/mol. The molecule has 0 radical (unpaired) electrons. The number of hydrogen-bond donors (Lipinski definition) is 1. The fourth-order valence-electron chi connectivity index (χ4n) is 1.04. The van der Waals surface area contributed by atoms with Crippen LogP contribution in [0.25, 0.3) is 0 Å². The van der Waals surface area contributed by atoms with Crippen molar-refractivity contribution in [1.82, 2.24) is 4.98 Å². The maximum atomic E-state index is 11.4. The third-order valence-corrected chi connectivity index (χ3v) is 2.99. The van der Waals surface area contributed by atoms with E-state index in [0.29, 0.717) is 0 Å². The van der Waals surface area contributed by atoms with Gasteiger partial charge in [0.05, 0.1) is 4.90 Å². The van der Waals surface area contributed by atoms with Gasteiger partial charge in [0.2, 0.25) is 0 Å². The van der Waals surface area contributed by atoms with Crippen molar-refractivity contribution in [3.05, 3.63) is 18.3 Å². The van der Waals surface area contributed by atoms with Crippen molar-refractivity contribution >= 4 is 31.6 Å². The van der Waals surface area contributed by atoms with Crippen molar-refractivity contribution < 1.29 is 17.9 Å². The topological polar surface area (TPSA) is 85.4 Å². The van der Waals surface area contributed by atoms with Gasteiger partial charge in [-0.2, -0.15) is 0 Å². The van der Waals surface area contributed by atoms with Gasteiger partial charge in [-0.1, -0.05) is 0 Å². The lowest BCUT2D eigenvalue weighted by Crippen LogP contribution is -2.27. The zero-order chi connectivity index (χ0) is 14.0. The summed E-state index contributed by atoms with van der Waals surface area (Å²) in [5.74, 6) is 0.0472. The number of ether oxygens (including phenoxy) is 1. The summed E-state index contributed by atoms with van der Waals surface area (Å²) in [6, 6.07) is 2.37. The molecule has 1 amide bonds. The van der Waals surface area contributed by atoms with Gasteiger partial charge in [-0.25, -0.2) is 18.2 Å². The Morgan fingerprint density at radius 3 is 2.56 bits per heavy atom. The Kier molecular flexibility index (Phi) is 4.18. The predicted octanol–water partition coefficient (Wildman–Crippen LogP) is 2.36. The van der Waals surface area contributed by atoms with Gasteiger partial charge >= 0.3 is 6.09 Å². The molecule has 0 aliphatic heterocycles. The quantitative estimate of drug-likeness (QED) is 0.846. The van der Waals surface area contributed by atoms with E-state index in [-0.39, 0.29) is 10.7 Å². The minimum Gasteiger partial charge on any atom is -0.444 e. The van der Waals surface area contributed by atoms with Crippen LogP contribution in [0.15, 0.2) is 23.2 Å². The lowest BCUT2D eigenvalue weighted by Gasteiger charge is -2.19. The maximum Gasteiger partial charge on any atom is 0.413 e. The monoisotopic (exact) mass is 292 g/mol. The molecular formula is C10H13ClN2O4S. The lowest BCUT2D eigenvalue weighted by atomic mass is 10.2. The molecule has 1 aromatic heterocycles. The molecule has 0 aliphatic carbocycles. The van der Waals surface area contributed by atoms with E-state index >= 15 is 0 Å². The first kappa shape index (κ1) is 14.7. The van der Waals surface area contributed by atoms with Gasteiger partial charge in [-0.05, 0) is 26.8 Å². The summed E-state index contributed by atoms with van der Waals surface area (Å²) in [6.07, 6.45) is 0.501. The third-order valence-electron chi connectivity index (χ3n) is 1.64. The molecule has 0 atom stereocenters. The highest BCUT2D eigenvalue weighted by Crippen LogP contribution is 2.17. The number of amides is 1. The summed E-state index contributed by atoms with van der Waals surface area (Å²) in [6.45, 7) is 5.12. The van der Waals surface area contributed by atoms with Crippen LogP contribution in [-0.4, -0.2) is 25.1 Å². The molecular weight excluding hydrogens is 280 g/mol. The number of hydrogen-bond acceptors (Lipinski definition) is 5. The zero-order valence-corrected chi connectivity index (χ0v) is 11.7. The van der Waals surface area contributed by atoms with Crippen LogP contribution in [0, 0.1) is 0 Å². The summed E-state index contributed by atoms with van der Waals surface area (Å²) in [5.41, 5.74) is -0.653. The molecule has 0 saturated carbocycles. The van der Waals surface area contributed by atoms with Gasteiger partial charge < -0.3 is 4.74 Å². The first-order valence-electron chi connectivity index (χ1n) is 4.99. The molecule has 0 aliphatic rings. The van der Waals surface area contributed by atoms with Crippen LogP contribution in [0.4, 0.5) is 10.6 Å². The lowest BCUT2D eigenvalue weighted by molar-refractivity contribution is 0.0635. The fourth-order valence-corrected chi connectivity index (χ4v) is 1.80. The van der Waals surface area contributed by atoms with Crippen molar-refractivity contribution in [2.24, 2.45) is 0 Å². The highest BCUT2D eigenvalue weighted by Gasteiger charge is 2.17. The number of carbonyl (C=O) groups is 1. The Bertz CT molecular complexity index is 551. The van der Waals surface area contributed by atoms with E-state index < -0.39 is 20.7 Å². The normalized spacial score (nSPS) is 12.0. The molecule has 18 heavy (non-hydrogen) atoms. The summed E-state index contributed by atoms with van der Waals surface area (Å²) < 4.78 is 27.2. The Labute approximate surface area is 110 Å². The number of rotatable bonds is 2. The zero-order valence-electron chi connectivity index (χ0n) is 10.1. The van der Waals surface area contributed by atoms with Crippen molar-refractivity contribution in [2.75, 3.05) is 5.32 Å². The van der Waals surface area contributed by atoms with Crippen LogP contribution >= 0.6 is 10.7 Å². The molecule has 0 spiro atoms. The van der Waals surface area contributed by atoms with Crippen LogP contribution in [0.2, 0.25) is 0 Å². The standard InChI is InChI=1S/C10H13ClN2O4S/c1-10(2,3)17-9(14)13-8-6-7(4-5-12-8)18(11,15)16/h4-6H,1-3H3,(H,12,13,14). The Balaban J connectivity index is 2.84. The van der Waals surface area contributed by atoms with Gasteiger partial charge in [0.1, 0.15) is 11.4 Å². The SMILES string of the molecule is CC(C)(C)OC(=O)Nc1cc(S(=O)(=O)Cl)ccn1. The molecule has 1 aromatic rings. The van der Waals surface area contributed by atoms with Crippen LogP contribution in [0.5, 0.6) is 0 Å². The minimum absolute atomic E-state index is 0.0472. The van der Waals surface area contributed by atoms with Crippen LogP contribution < -0.4 is 5.32 Å². The molecule has 1 heterocycles. The van der Waals surface area contributed by atoms with E-state index in [2.05, 4.69) is 10.3 Å². The first-order chi connectivity index (χ1) is 8.08. The maximum absolute atomic E-state index is 11.4. The Morgan fingerprint density at radius 1 is 1.44 bits per heavy atom. The van der Waals surface area contributed by atoms with Gasteiger partial charge in [-0.3, -0.25) is 5.32 Å². The third kappa shape index (κ3) is 4.89. The Hall–Kier alpha value is -1.34. The molecule has 0 aromatic carbocycles. The van der Waals surface area contributed by atoms with Crippen molar-refractivity contribution in [1.29, 1.82) is 0 Å². The fraction of sp³-hybridized carbons (Fsp3) is 0.400. The molecule has 0 unspecified atom stereocenters. The molecule has 6 nitrogen and oxygen atoms in total. The van der Waals surface area contributed by atoms with E-state index in [1.54, 1.807) is 20.8 Å². The second-order valence-electron chi connectivity index (χ2n) is 4.44. The van der Waals surface area contributed by atoms with Crippen molar-refractivity contribution in [3.63, 3.8) is 0 Å². The second-order valence-corrected chi connectivity index (χ2v) is 7.01. The van der Waals surface area contributed by atoms with Crippen molar-refractivity contribution in [3.8, 4) is 0 Å². The van der Waals surface area contributed by atoms with E-state index in [9.17, 15) is 13.2 Å². The van der Waals surface area contributed by atoms with E-state index in [1.807, 2.05) is 0 Å². The molecule has 0 bridgehead atoms. The average Bonchev–Trinajstić information content (AvgIpc) is 2.13. The number of pyridine rings is 1. The number of aromatic nitrogens is 1. The molecule has 1 rings (SSSR count). The smallest absolute Gasteiger partial charge is 0.413 e. The summed E-state index contributed by atoms with van der Waals surface area (Å²) >= 11 is 0. The number of nitrogens with zero attached hydrogens (tertiary/aromatic N) is 1. The van der Waals surface area contributed by atoms with Gasteiger partial charge in [0.15, 0.2) is 0 Å². The number of halogens is 1. The minimum atomic E-state index is -3.86. The Morgan fingerprint density at radius 2 is 2.06 bits per heavy atom. The van der Waals surface area contributed by atoms with E-state index in [0.717, 1.165) is 6.07 Å². The van der Waals surface area contributed by atoms with Gasteiger partial charge in [0, 0.05) is 22.9 Å².